The van der Waals surface area contributed by atoms with Gasteiger partial charge in [0.15, 0.2) is 0 Å². The van der Waals surface area contributed by atoms with Gasteiger partial charge in [-0.3, -0.25) is 4.79 Å². The Morgan fingerprint density at radius 2 is 1.48 bits per heavy atom. The zero-order chi connectivity index (χ0) is 20.0. The third kappa shape index (κ3) is 5.21. The summed E-state index contributed by atoms with van der Waals surface area (Å²) in [6.07, 6.45) is 0. The topological polar surface area (TPSA) is 76.1 Å². The molecule has 2 aromatic rings. The second-order valence-electron chi connectivity index (χ2n) is 6.06. The van der Waals surface area contributed by atoms with Crippen LogP contribution in [-0.4, -0.2) is 64.9 Å². The van der Waals surface area contributed by atoms with Gasteiger partial charge in [-0.1, -0.05) is 0 Å². The van der Waals surface area contributed by atoms with Crippen LogP contribution >= 0.6 is 0 Å². The van der Waals surface area contributed by atoms with Crippen molar-refractivity contribution in [3.63, 3.8) is 0 Å². The molecule has 0 bridgehead atoms. The van der Waals surface area contributed by atoms with Crippen molar-refractivity contribution in [2.24, 2.45) is 0 Å². The Bertz CT molecular complexity index is 862. The van der Waals surface area contributed by atoms with E-state index in [2.05, 4.69) is 0 Å². The van der Waals surface area contributed by atoms with Gasteiger partial charge < -0.3 is 14.4 Å². The second-order valence-corrected chi connectivity index (χ2v) is 8.21. The number of hydrogen-bond donors (Lipinski definition) is 0. The highest BCUT2D eigenvalue weighted by Crippen LogP contribution is 2.17. The average Bonchev–Trinajstić information content (AvgIpc) is 2.67. The number of sulfonamides is 1. The van der Waals surface area contributed by atoms with Crippen molar-refractivity contribution in [2.75, 3.05) is 41.4 Å². The number of benzene rings is 2. The van der Waals surface area contributed by atoms with Crippen LogP contribution in [0.4, 0.5) is 0 Å². The number of ether oxygens (including phenoxy) is 2. The van der Waals surface area contributed by atoms with Crippen LogP contribution in [0.5, 0.6) is 11.5 Å². The van der Waals surface area contributed by atoms with E-state index in [0.717, 1.165) is 10.1 Å². The molecule has 0 atom stereocenters. The lowest BCUT2D eigenvalue weighted by molar-refractivity contribution is 0.0773. The Hall–Kier alpha value is -2.58. The van der Waals surface area contributed by atoms with E-state index in [1.165, 1.54) is 43.3 Å². The molecule has 0 radical (unpaired) electrons. The lowest BCUT2D eigenvalue weighted by atomic mass is 10.2. The highest BCUT2D eigenvalue weighted by atomic mass is 32.2. The Labute approximate surface area is 160 Å². The summed E-state index contributed by atoms with van der Waals surface area (Å²) in [4.78, 5) is 14.1. The monoisotopic (exact) mass is 392 g/mol. The largest absolute Gasteiger partial charge is 0.497 e. The molecule has 2 aromatic carbocycles. The number of nitrogens with zero attached hydrogens (tertiary/aromatic N) is 2. The summed E-state index contributed by atoms with van der Waals surface area (Å²) >= 11 is 0. The number of carbonyl (C=O) groups is 1. The van der Waals surface area contributed by atoms with E-state index in [1.807, 2.05) is 0 Å². The number of hydrogen-bond acceptors (Lipinski definition) is 5. The summed E-state index contributed by atoms with van der Waals surface area (Å²) in [5.74, 6) is 1.23. The van der Waals surface area contributed by atoms with Crippen molar-refractivity contribution in [1.82, 2.24) is 9.21 Å². The zero-order valence-corrected chi connectivity index (χ0v) is 16.7. The number of rotatable bonds is 8. The predicted octanol–water partition coefficient (Wildman–Crippen LogP) is 2.10. The van der Waals surface area contributed by atoms with Crippen molar-refractivity contribution in [1.29, 1.82) is 0 Å². The molecular weight excluding hydrogens is 368 g/mol. The van der Waals surface area contributed by atoms with E-state index in [9.17, 15) is 13.2 Å². The Kier molecular flexibility index (Phi) is 6.81. The van der Waals surface area contributed by atoms with E-state index in [-0.39, 0.29) is 10.8 Å². The maximum atomic E-state index is 12.5. The van der Waals surface area contributed by atoms with Crippen molar-refractivity contribution in [3.8, 4) is 11.5 Å². The molecule has 2 rings (SSSR count). The van der Waals surface area contributed by atoms with Gasteiger partial charge in [0.2, 0.25) is 10.0 Å². The van der Waals surface area contributed by atoms with E-state index in [0.29, 0.717) is 24.5 Å². The van der Waals surface area contributed by atoms with E-state index in [4.69, 9.17) is 9.47 Å². The minimum Gasteiger partial charge on any atom is -0.497 e. The lowest BCUT2D eigenvalue weighted by Crippen LogP contribution is -2.31. The van der Waals surface area contributed by atoms with Crippen molar-refractivity contribution < 1.29 is 22.7 Å². The van der Waals surface area contributed by atoms with Crippen LogP contribution < -0.4 is 9.47 Å². The second kappa shape index (κ2) is 8.88. The van der Waals surface area contributed by atoms with Crippen molar-refractivity contribution in [3.05, 3.63) is 54.1 Å². The molecular formula is C19H24N2O5S. The SMILES string of the molecule is COc1ccc(OCCN(C)C(=O)c2ccc(S(=O)(=O)N(C)C)cc2)cc1. The zero-order valence-electron chi connectivity index (χ0n) is 15.9. The summed E-state index contributed by atoms with van der Waals surface area (Å²) in [6, 6.07) is 13.1. The van der Waals surface area contributed by atoms with Crippen LogP contribution in [0.25, 0.3) is 0 Å². The Balaban J connectivity index is 1.92. The molecule has 27 heavy (non-hydrogen) atoms. The molecule has 0 aliphatic carbocycles. The fraction of sp³-hybridized carbons (Fsp3) is 0.316. The van der Waals surface area contributed by atoms with Gasteiger partial charge in [-0.25, -0.2) is 12.7 Å². The highest BCUT2D eigenvalue weighted by molar-refractivity contribution is 7.89. The third-order valence-electron chi connectivity index (χ3n) is 3.98. The summed E-state index contributed by atoms with van der Waals surface area (Å²) in [5.41, 5.74) is 0.416. The first-order chi connectivity index (χ1) is 12.8. The molecule has 0 heterocycles. The van der Waals surface area contributed by atoms with Gasteiger partial charge in [0.1, 0.15) is 18.1 Å². The Morgan fingerprint density at radius 1 is 0.926 bits per heavy atom. The molecule has 0 aromatic heterocycles. The van der Waals surface area contributed by atoms with Crippen LogP contribution in [0.2, 0.25) is 0 Å². The van der Waals surface area contributed by atoms with Gasteiger partial charge >= 0.3 is 0 Å². The van der Waals surface area contributed by atoms with Gasteiger partial charge in [-0.05, 0) is 48.5 Å². The smallest absolute Gasteiger partial charge is 0.253 e. The molecule has 0 saturated heterocycles. The standard InChI is InChI=1S/C19H24N2O5S/c1-20(2)27(23,24)18-11-5-15(6-12-18)19(22)21(3)13-14-26-17-9-7-16(25-4)8-10-17/h5-12H,13-14H2,1-4H3. The summed E-state index contributed by atoms with van der Waals surface area (Å²) in [6.45, 7) is 0.726. The van der Waals surface area contributed by atoms with Crippen LogP contribution in [0.1, 0.15) is 10.4 Å². The maximum Gasteiger partial charge on any atom is 0.253 e. The van der Waals surface area contributed by atoms with Crippen LogP contribution in [0.15, 0.2) is 53.4 Å². The quantitative estimate of drug-likeness (QED) is 0.688. The average molecular weight is 392 g/mol. The molecule has 7 nitrogen and oxygen atoms in total. The van der Waals surface area contributed by atoms with Gasteiger partial charge in [0, 0.05) is 26.7 Å². The minimum atomic E-state index is -3.51. The van der Waals surface area contributed by atoms with Gasteiger partial charge in [0.05, 0.1) is 18.6 Å². The minimum absolute atomic E-state index is 0.148. The first kappa shape index (κ1) is 20.7. The fourth-order valence-corrected chi connectivity index (χ4v) is 3.18. The van der Waals surface area contributed by atoms with Crippen molar-refractivity contribution in [2.45, 2.75) is 4.90 Å². The van der Waals surface area contributed by atoms with Gasteiger partial charge in [-0.2, -0.15) is 0 Å². The number of carbonyl (C=O) groups excluding carboxylic acids is 1. The first-order valence-electron chi connectivity index (χ1n) is 8.30. The molecule has 1 amide bonds. The number of likely N-dealkylation sites (N-methyl/N-ethyl adjacent to an activating group) is 1. The molecule has 0 spiro atoms. The normalized spacial score (nSPS) is 11.3. The third-order valence-corrected chi connectivity index (χ3v) is 5.81. The molecule has 0 N–H and O–H groups in total. The molecule has 8 heteroatoms. The van der Waals surface area contributed by atoms with Crippen LogP contribution in [0, 0.1) is 0 Å². The summed E-state index contributed by atoms with van der Waals surface area (Å²) in [7, 11) is 2.68. The molecule has 0 saturated carbocycles. The Morgan fingerprint density at radius 3 is 2.00 bits per heavy atom. The van der Waals surface area contributed by atoms with Crippen LogP contribution in [0.3, 0.4) is 0 Å². The lowest BCUT2D eigenvalue weighted by Gasteiger charge is -2.18. The van der Waals surface area contributed by atoms with Gasteiger partial charge in [0.25, 0.3) is 5.91 Å². The van der Waals surface area contributed by atoms with E-state index in [1.54, 1.807) is 38.4 Å². The van der Waals surface area contributed by atoms with Crippen LogP contribution in [-0.2, 0) is 10.0 Å². The maximum absolute atomic E-state index is 12.5. The highest BCUT2D eigenvalue weighted by Gasteiger charge is 2.18. The first-order valence-corrected chi connectivity index (χ1v) is 9.74. The molecule has 0 unspecified atom stereocenters. The fourth-order valence-electron chi connectivity index (χ4n) is 2.27. The summed E-state index contributed by atoms with van der Waals surface area (Å²) in [5, 5.41) is 0. The molecule has 146 valence electrons. The molecule has 0 aliphatic heterocycles. The summed E-state index contributed by atoms with van der Waals surface area (Å²) < 4.78 is 36.0. The van der Waals surface area contributed by atoms with Crippen molar-refractivity contribution >= 4 is 15.9 Å². The van der Waals surface area contributed by atoms with E-state index < -0.39 is 10.0 Å². The molecule has 0 aliphatic rings. The van der Waals surface area contributed by atoms with Gasteiger partial charge in [-0.15, -0.1) is 0 Å². The number of methoxy groups -OCH3 is 1. The van der Waals surface area contributed by atoms with E-state index >= 15 is 0 Å². The predicted molar refractivity (Wildman–Crippen MR) is 103 cm³/mol. The molecule has 0 fully saturated rings. The number of amides is 1.